The lowest BCUT2D eigenvalue weighted by molar-refractivity contribution is 0.647. The molecule has 0 nitrogen and oxygen atoms in total. The summed E-state index contributed by atoms with van der Waals surface area (Å²) in [6, 6.07) is 74.6. The van der Waals surface area contributed by atoms with Crippen molar-refractivity contribution in [1.82, 2.24) is 0 Å². The minimum Gasteiger partial charge on any atom is -0.0686 e. The van der Waals surface area contributed by atoms with Gasteiger partial charge in [-0.15, -0.1) is 0 Å². The maximum Gasteiger partial charge on any atom is 0.242 e. The summed E-state index contributed by atoms with van der Waals surface area (Å²) < 4.78 is 0. The number of benzene rings is 10. The van der Waals surface area contributed by atoms with Crippen molar-refractivity contribution in [3.8, 4) is 44.5 Å². The lowest BCUT2D eigenvalue weighted by Gasteiger charge is -2.40. The Morgan fingerprint density at radius 3 is 1.45 bits per heavy atom. The molecule has 0 spiro atoms. The molecule has 262 valence electrons. The minimum atomic E-state index is -0.165. The maximum atomic E-state index is 2.53. The quantitative estimate of drug-likeness (QED) is 0.123. The van der Waals surface area contributed by atoms with Crippen molar-refractivity contribution in [2.45, 2.75) is 19.3 Å². The molecule has 0 unspecified atom stereocenters. The Hall–Kier alpha value is -6.70. The van der Waals surface area contributed by atoms with Gasteiger partial charge in [0.05, 0.1) is 0 Å². The lowest BCUT2D eigenvalue weighted by Crippen LogP contribution is -2.60. The molecule has 0 N–H and O–H groups in total. The first kappa shape index (κ1) is 32.7. The van der Waals surface area contributed by atoms with Crippen molar-refractivity contribution >= 4 is 55.4 Å². The summed E-state index contributed by atoms with van der Waals surface area (Å²) in [4.78, 5) is 0. The molecular formula is C55H39B. The third-order valence-electron chi connectivity index (χ3n) is 12.6. The molecule has 0 saturated carbocycles. The van der Waals surface area contributed by atoms with Crippen LogP contribution in [-0.2, 0) is 5.41 Å². The van der Waals surface area contributed by atoms with E-state index in [9.17, 15) is 0 Å². The summed E-state index contributed by atoms with van der Waals surface area (Å²) in [6.07, 6.45) is 0. The fourth-order valence-electron chi connectivity index (χ4n) is 10.1. The van der Waals surface area contributed by atoms with Crippen LogP contribution in [0.1, 0.15) is 25.0 Å². The average Bonchev–Trinajstić information content (AvgIpc) is 3.26. The monoisotopic (exact) mass is 710 g/mol. The van der Waals surface area contributed by atoms with Crippen LogP contribution in [0.2, 0.25) is 0 Å². The van der Waals surface area contributed by atoms with Gasteiger partial charge in [-0.05, 0) is 94.0 Å². The summed E-state index contributed by atoms with van der Waals surface area (Å²) in [5.41, 5.74) is 16.8. The molecule has 1 heteroatoms. The van der Waals surface area contributed by atoms with Crippen LogP contribution in [0.25, 0.3) is 76.8 Å². The Bertz CT molecular complexity index is 2980. The Morgan fingerprint density at radius 1 is 0.357 bits per heavy atom. The van der Waals surface area contributed by atoms with Crippen LogP contribution in [0.15, 0.2) is 200 Å². The molecule has 0 radical (unpaired) electrons. The summed E-state index contributed by atoms with van der Waals surface area (Å²) in [7, 11) is 0. The second-order valence-corrected chi connectivity index (χ2v) is 15.9. The van der Waals surface area contributed by atoms with Gasteiger partial charge in [-0.2, -0.15) is 0 Å². The molecule has 0 saturated heterocycles. The van der Waals surface area contributed by atoms with E-state index in [0.29, 0.717) is 0 Å². The lowest BCUT2D eigenvalue weighted by atomic mass is 9.31. The van der Waals surface area contributed by atoms with E-state index in [4.69, 9.17) is 0 Å². The molecule has 10 aromatic rings. The van der Waals surface area contributed by atoms with Crippen LogP contribution in [0.3, 0.4) is 0 Å². The standard InChI is InChI=1S/C55H39B/c1-55(2)49-28-16-17-29-51(49)56(39-22-10-5-11-23-39)54-46-33-32-45-48(43-27-15-13-25-41(43)37-20-8-4-9-21-37)35-47(44-31-30-38(34-50(54)55)52(46)53(44)45)42-26-14-12-24-40(42)36-18-6-3-7-19-36/h3-35H,1-2H3. The first-order valence-corrected chi connectivity index (χ1v) is 19.8. The Kier molecular flexibility index (Phi) is 7.41. The van der Waals surface area contributed by atoms with E-state index in [1.807, 2.05) is 0 Å². The highest BCUT2D eigenvalue weighted by molar-refractivity contribution is 6.98. The molecule has 0 atom stereocenters. The van der Waals surface area contributed by atoms with Crippen molar-refractivity contribution in [2.24, 2.45) is 0 Å². The van der Waals surface area contributed by atoms with Crippen LogP contribution < -0.4 is 16.4 Å². The van der Waals surface area contributed by atoms with Crippen LogP contribution in [0, 0.1) is 0 Å². The maximum absolute atomic E-state index is 2.53. The highest BCUT2D eigenvalue weighted by Crippen LogP contribution is 2.48. The van der Waals surface area contributed by atoms with Gasteiger partial charge in [-0.3, -0.25) is 0 Å². The van der Waals surface area contributed by atoms with E-state index < -0.39 is 0 Å². The van der Waals surface area contributed by atoms with Gasteiger partial charge in [0, 0.05) is 5.41 Å². The molecule has 0 amide bonds. The number of hydrogen-bond acceptors (Lipinski definition) is 0. The van der Waals surface area contributed by atoms with Gasteiger partial charge in [0.2, 0.25) is 6.71 Å². The second kappa shape index (κ2) is 12.7. The van der Waals surface area contributed by atoms with E-state index >= 15 is 0 Å². The van der Waals surface area contributed by atoms with E-state index in [1.165, 1.54) is 104 Å². The van der Waals surface area contributed by atoms with E-state index in [1.54, 1.807) is 0 Å². The molecule has 0 bridgehead atoms. The number of hydrogen-bond donors (Lipinski definition) is 0. The number of fused-ring (bicyclic) bond motifs is 3. The minimum absolute atomic E-state index is 0.122. The second-order valence-electron chi connectivity index (χ2n) is 15.9. The largest absolute Gasteiger partial charge is 0.242 e. The third kappa shape index (κ3) is 4.87. The zero-order chi connectivity index (χ0) is 37.4. The third-order valence-corrected chi connectivity index (χ3v) is 12.6. The van der Waals surface area contributed by atoms with Crippen molar-refractivity contribution < 1.29 is 0 Å². The molecule has 1 aliphatic heterocycles. The average molecular weight is 711 g/mol. The molecule has 0 fully saturated rings. The van der Waals surface area contributed by atoms with Crippen LogP contribution in [-0.4, -0.2) is 6.71 Å². The molecule has 1 aliphatic rings. The molecule has 10 aromatic carbocycles. The highest BCUT2D eigenvalue weighted by atomic mass is 14.3. The van der Waals surface area contributed by atoms with Gasteiger partial charge in [-0.1, -0.05) is 224 Å². The highest BCUT2D eigenvalue weighted by Gasteiger charge is 2.41. The van der Waals surface area contributed by atoms with Gasteiger partial charge in [0.25, 0.3) is 0 Å². The van der Waals surface area contributed by atoms with Crippen LogP contribution >= 0.6 is 0 Å². The fourth-order valence-corrected chi connectivity index (χ4v) is 10.1. The van der Waals surface area contributed by atoms with Gasteiger partial charge in [0.1, 0.15) is 0 Å². The molecule has 1 heterocycles. The topological polar surface area (TPSA) is 0 Å². The summed E-state index contributed by atoms with van der Waals surface area (Å²) >= 11 is 0. The van der Waals surface area contributed by atoms with Crippen molar-refractivity contribution in [3.05, 3.63) is 211 Å². The normalized spacial score (nSPS) is 13.3. The molecule has 0 aliphatic carbocycles. The zero-order valence-electron chi connectivity index (χ0n) is 31.6. The van der Waals surface area contributed by atoms with Gasteiger partial charge in [-0.25, -0.2) is 0 Å². The van der Waals surface area contributed by atoms with E-state index in [-0.39, 0.29) is 12.1 Å². The predicted molar refractivity (Wildman–Crippen MR) is 242 cm³/mol. The van der Waals surface area contributed by atoms with Gasteiger partial charge >= 0.3 is 0 Å². The zero-order valence-corrected chi connectivity index (χ0v) is 31.6. The van der Waals surface area contributed by atoms with Crippen molar-refractivity contribution in [3.63, 3.8) is 0 Å². The first-order valence-electron chi connectivity index (χ1n) is 19.8. The fraction of sp³-hybridized carbons (Fsp3) is 0.0545. The first-order chi connectivity index (χ1) is 27.6. The van der Waals surface area contributed by atoms with Gasteiger partial charge in [0.15, 0.2) is 0 Å². The molecule has 56 heavy (non-hydrogen) atoms. The Morgan fingerprint density at radius 2 is 0.839 bits per heavy atom. The Labute approximate surface area is 329 Å². The summed E-state index contributed by atoms with van der Waals surface area (Å²) in [6.45, 7) is 4.96. The summed E-state index contributed by atoms with van der Waals surface area (Å²) in [5, 5.41) is 7.91. The SMILES string of the molecule is CC1(C)c2ccccc2B(c2ccccc2)c2c1cc1ccc3c(-c4ccccc4-c4ccccc4)cc(-c4ccccc4-c4ccccc4)c4ccc2c1c34. The van der Waals surface area contributed by atoms with Crippen molar-refractivity contribution in [1.29, 1.82) is 0 Å². The van der Waals surface area contributed by atoms with Crippen LogP contribution in [0.4, 0.5) is 0 Å². The molecule has 11 rings (SSSR count). The summed E-state index contributed by atoms with van der Waals surface area (Å²) in [5.74, 6) is 0. The van der Waals surface area contributed by atoms with Crippen LogP contribution in [0.5, 0.6) is 0 Å². The molecule has 0 aromatic heterocycles. The number of rotatable bonds is 5. The Balaban J connectivity index is 1.30. The van der Waals surface area contributed by atoms with Crippen molar-refractivity contribution in [2.75, 3.05) is 0 Å². The van der Waals surface area contributed by atoms with E-state index in [0.717, 1.165) is 0 Å². The predicted octanol–water partition coefficient (Wildman–Crippen LogP) is 12.4. The van der Waals surface area contributed by atoms with Gasteiger partial charge < -0.3 is 0 Å². The molecular weight excluding hydrogens is 671 g/mol. The smallest absolute Gasteiger partial charge is 0.0686 e. The van der Waals surface area contributed by atoms with E-state index in [2.05, 4.69) is 214 Å².